The number of aryl methyl sites for hydroxylation is 1. The molecule has 2 N–H and O–H groups in total. The van der Waals surface area contributed by atoms with E-state index in [0.717, 1.165) is 12.8 Å². The summed E-state index contributed by atoms with van der Waals surface area (Å²) < 4.78 is 28.8. The van der Waals surface area contributed by atoms with Crippen LogP contribution in [0.4, 0.5) is 0 Å². The monoisotopic (exact) mass is 320 g/mol. The normalized spacial score (nSPS) is 12.8. The van der Waals surface area contributed by atoms with Crippen molar-refractivity contribution in [1.82, 2.24) is 9.29 Å². The molecule has 116 valence electrons. The predicted octanol–water partition coefficient (Wildman–Crippen LogP) is 1.72. The van der Waals surface area contributed by atoms with Gasteiger partial charge in [0.05, 0.1) is 11.5 Å². The van der Waals surface area contributed by atoms with Gasteiger partial charge in [-0.25, -0.2) is 13.1 Å². The Morgan fingerprint density at radius 3 is 2.40 bits per heavy atom. The van der Waals surface area contributed by atoms with Crippen LogP contribution in [0.1, 0.15) is 32.4 Å². The highest BCUT2D eigenvalue weighted by atomic mass is 32.2. The maximum Gasteiger partial charge on any atom is 0.242 e. The van der Waals surface area contributed by atoms with Crippen LogP contribution in [0.25, 0.3) is 0 Å². The second-order valence-electron chi connectivity index (χ2n) is 4.85. The van der Waals surface area contributed by atoms with Gasteiger partial charge >= 0.3 is 0 Å². The molecule has 1 rings (SSSR count). The van der Waals surface area contributed by atoms with Crippen LogP contribution in [0, 0.1) is 0 Å². The second kappa shape index (κ2) is 6.98. The lowest BCUT2D eigenvalue weighted by atomic mass is 10.0. The molecule has 0 saturated carbocycles. The predicted molar refractivity (Wildman–Crippen MR) is 83.4 cm³/mol. The Hall–Kier alpha value is -0.500. The third-order valence-electron chi connectivity index (χ3n) is 3.86. The Bertz CT molecular complexity index is 526. The first-order valence-corrected chi connectivity index (χ1v) is 9.36. The summed E-state index contributed by atoms with van der Waals surface area (Å²) in [5.41, 5.74) is 0.576. The lowest BCUT2D eigenvalue weighted by molar-refractivity contribution is 0.272. The first-order valence-electron chi connectivity index (χ1n) is 6.65. The van der Waals surface area contributed by atoms with E-state index in [0.29, 0.717) is 12.2 Å². The van der Waals surface area contributed by atoms with Crippen LogP contribution in [-0.4, -0.2) is 35.6 Å². The molecule has 0 aliphatic carbocycles. The molecule has 0 spiro atoms. The quantitative estimate of drug-likeness (QED) is 0.765. The van der Waals surface area contributed by atoms with Gasteiger partial charge in [-0.1, -0.05) is 13.8 Å². The average Bonchev–Trinajstić information content (AvgIpc) is 2.83. The molecule has 0 unspecified atom stereocenters. The molecule has 20 heavy (non-hydrogen) atoms. The molecular formula is C13H24N2O3S2. The maximum atomic E-state index is 12.3. The van der Waals surface area contributed by atoms with Gasteiger partial charge in [-0.05, 0) is 25.2 Å². The van der Waals surface area contributed by atoms with Crippen LogP contribution in [0.5, 0.6) is 0 Å². The molecule has 0 atom stereocenters. The molecule has 0 saturated heterocycles. The fraction of sp³-hybridized carbons (Fsp3) is 0.692. The van der Waals surface area contributed by atoms with Crippen molar-refractivity contribution in [1.29, 1.82) is 0 Å². The van der Waals surface area contributed by atoms with E-state index in [1.54, 1.807) is 23.4 Å². The zero-order valence-electron chi connectivity index (χ0n) is 12.5. The number of nitrogens with one attached hydrogen (secondary N) is 1. The van der Waals surface area contributed by atoms with E-state index < -0.39 is 10.0 Å². The minimum Gasteiger partial charge on any atom is -0.390 e. The van der Waals surface area contributed by atoms with Crippen molar-refractivity contribution in [3.05, 3.63) is 18.0 Å². The lowest BCUT2D eigenvalue weighted by Gasteiger charge is -2.29. The topological polar surface area (TPSA) is 71.3 Å². The highest BCUT2D eigenvalue weighted by Gasteiger charge is 2.28. The smallest absolute Gasteiger partial charge is 0.242 e. The number of thioether (sulfide) groups is 1. The van der Waals surface area contributed by atoms with Gasteiger partial charge in [0.2, 0.25) is 10.0 Å². The SMILES string of the molecule is CCC(CC)(CNS(=O)(=O)c1cc(CO)n(C)c1)SC. The van der Waals surface area contributed by atoms with Gasteiger partial charge in [-0.2, -0.15) is 11.8 Å². The maximum absolute atomic E-state index is 12.3. The van der Waals surface area contributed by atoms with Gasteiger partial charge in [0.15, 0.2) is 0 Å². The molecule has 1 aromatic rings. The van der Waals surface area contributed by atoms with Gasteiger partial charge in [-0.3, -0.25) is 0 Å². The lowest BCUT2D eigenvalue weighted by Crippen LogP contribution is -2.39. The molecule has 0 amide bonds. The van der Waals surface area contributed by atoms with Gasteiger partial charge < -0.3 is 9.67 Å². The van der Waals surface area contributed by atoms with Crippen LogP contribution in [-0.2, 0) is 23.7 Å². The number of aromatic nitrogens is 1. The number of nitrogens with zero attached hydrogens (tertiary/aromatic N) is 1. The van der Waals surface area contributed by atoms with E-state index in [9.17, 15) is 8.42 Å². The van der Waals surface area contributed by atoms with Crippen LogP contribution in [0.15, 0.2) is 17.2 Å². The van der Waals surface area contributed by atoms with Crippen molar-refractivity contribution in [3.63, 3.8) is 0 Å². The van der Waals surface area contributed by atoms with Crippen LogP contribution in [0.3, 0.4) is 0 Å². The fourth-order valence-corrected chi connectivity index (χ4v) is 4.16. The Morgan fingerprint density at radius 1 is 1.40 bits per heavy atom. The van der Waals surface area contributed by atoms with E-state index in [1.807, 2.05) is 6.26 Å². The first-order chi connectivity index (χ1) is 9.34. The molecule has 7 heteroatoms. The number of rotatable bonds is 8. The fourth-order valence-electron chi connectivity index (χ4n) is 2.05. The van der Waals surface area contributed by atoms with Crippen LogP contribution >= 0.6 is 11.8 Å². The highest BCUT2D eigenvalue weighted by Crippen LogP contribution is 2.30. The van der Waals surface area contributed by atoms with E-state index in [4.69, 9.17) is 5.11 Å². The van der Waals surface area contributed by atoms with Crippen LogP contribution in [0.2, 0.25) is 0 Å². The summed E-state index contributed by atoms with van der Waals surface area (Å²) in [7, 11) is -1.81. The Balaban J connectivity index is 2.89. The molecule has 0 aliphatic rings. The highest BCUT2D eigenvalue weighted by molar-refractivity contribution is 8.00. The summed E-state index contributed by atoms with van der Waals surface area (Å²) in [5, 5.41) is 9.13. The third kappa shape index (κ3) is 3.78. The summed E-state index contributed by atoms with van der Waals surface area (Å²) in [6.07, 6.45) is 5.34. The summed E-state index contributed by atoms with van der Waals surface area (Å²) in [6.45, 7) is 4.37. The van der Waals surface area contributed by atoms with Crippen molar-refractivity contribution in [2.45, 2.75) is 42.9 Å². The molecule has 1 heterocycles. The summed E-state index contributed by atoms with van der Waals surface area (Å²) in [4.78, 5) is 0.200. The Kier molecular flexibility index (Phi) is 6.12. The number of sulfonamides is 1. The Morgan fingerprint density at radius 2 is 2.00 bits per heavy atom. The number of aliphatic hydroxyl groups is 1. The number of hydrogen-bond acceptors (Lipinski definition) is 4. The average molecular weight is 320 g/mol. The van der Waals surface area contributed by atoms with Crippen molar-refractivity contribution in [2.24, 2.45) is 7.05 Å². The van der Waals surface area contributed by atoms with Crippen molar-refractivity contribution < 1.29 is 13.5 Å². The Labute approximate surface area is 125 Å². The largest absolute Gasteiger partial charge is 0.390 e. The van der Waals surface area contributed by atoms with Gasteiger partial charge in [0.1, 0.15) is 0 Å². The van der Waals surface area contributed by atoms with E-state index >= 15 is 0 Å². The minimum atomic E-state index is -3.53. The summed E-state index contributed by atoms with van der Waals surface area (Å²) in [6, 6.07) is 1.50. The van der Waals surface area contributed by atoms with E-state index in [2.05, 4.69) is 18.6 Å². The molecule has 0 aliphatic heterocycles. The number of hydrogen-bond donors (Lipinski definition) is 2. The molecular weight excluding hydrogens is 296 g/mol. The molecule has 0 bridgehead atoms. The third-order valence-corrected chi connectivity index (χ3v) is 6.82. The van der Waals surface area contributed by atoms with Gasteiger partial charge in [0, 0.05) is 30.2 Å². The van der Waals surface area contributed by atoms with E-state index in [-0.39, 0.29) is 16.2 Å². The van der Waals surface area contributed by atoms with Gasteiger partial charge in [-0.15, -0.1) is 0 Å². The standard InChI is InChI=1S/C13H24N2O3S2/c1-5-13(6-2,19-4)10-14-20(17,18)12-7-11(9-16)15(3)8-12/h7-8,14,16H,5-6,9-10H2,1-4H3. The molecule has 0 fully saturated rings. The van der Waals surface area contributed by atoms with Crippen molar-refractivity contribution >= 4 is 21.8 Å². The first kappa shape index (κ1) is 17.6. The summed E-state index contributed by atoms with van der Waals surface area (Å²) in [5.74, 6) is 0. The van der Waals surface area contributed by atoms with Crippen molar-refractivity contribution in [2.75, 3.05) is 12.8 Å². The van der Waals surface area contributed by atoms with E-state index in [1.165, 1.54) is 12.3 Å². The second-order valence-corrected chi connectivity index (χ2v) is 7.90. The number of aliphatic hydroxyl groups excluding tert-OH is 1. The molecule has 0 aromatic carbocycles. The zero-order chi connectivity index (χ0) is 15.4. The molecule has 0 radical (unpaired) electrons. The zero-order valence-corrected chi connectivity index (χ0v) is 14.1. The molecule has 1 aromatic heterocycles. The molecule has 5 nitrogen and oxygen atoms in total. The van der Waals surface area contributed by atoms with Crippen LogP contribution < -0.4 is 4.72 Å². The van der Waals surface area contributed by atoms with Crippen molar-refractivity contribution in [3.8, 4) is 0 Å². The summed E-state index contributed by atoms with van der Waals surface area (Å²) >= 11 is 1.69. The minimum absolute atomic E-state index is 0.0678. The van der Waals surface area contributed by atoms with Gasteiger partial charge in [0.25, 0.3) is 0 Å².